The molecule has 1 fully saturated rings. The number of sulfonamides is 1. The Morgan fingerprint density at radius 2 is 1.91 bits per heavy atom. The van der Waals surface area contributed by atoms with E-state index in [0.717, 1.165) is 24.0 Å². The summed E-state index contributed by atoms with van der Waals surface area (Å²) < 4.78 is 34.4. The van der Waals surface area contributed by atoms with Gasteiger partial charge in [0.25, 0.3) is 10.0 Å². The molecule has 2 aliphatic rings. The number of carbonyl (C=O) groups is 1. The molecule has 0 saturated heterocycles. The second-order valence-corrected chi connectivity index (χ2v) is 11.1. The van der Waals surface area contributed by atoms with Crippen LogP contribution < -0.4 is 9.04 Å². The predicted octanol–water partition coefficient (Wildman–Crippen LogP) is 3.82. The summed E-state index contributed by atoms with van der Waals surface area (Å²) in [4.78, 5) is 17.5. The van der Waals surface area contributed by atoms with Gasteiger partial charge in [-0.1, -0.05) is 49.4 Å². The molecule has 1 aromatic heterocycles. The summed E-state index contributed by atoms with van der Waals surface area (Å²) >= 11 is 0. The topological polar surface area (TPSA) is 96.8 Å². The molecular formula is C27H28N2O5S. The predicted molar refractivity (Wildman–Crippen MR) is 132 cm³/mol. The number of aromatic nitrogens is 1. The number of hydrogen-bond donors (Lipinski definition) is 1. The highest BCUT2D eigenvalue weighted by Crippen LogP contribution is 2.41. The van der Waals surface area contributed by atoms with Crippen molar-refractivity contribution in [3.8, 4) is 5.88 Å². The first-order chi connectivity index (χ1) is 16.9. The third-order valence-electron chi connectivity index (χ3n) is 6.66. The van der Waals surface area contributed by atoms with Gasteiger partial charge in [0.1, 0.15) is 17.6 Å². The third kappa shape index (κ3) is 4.81. The number of fused-ring (bicyclic) bond motifs is 1. The molecular weight excluding hydrogens is 464 g/mol. The Bertz CT molecular complexity index is 1340. The molecule has 1 aliphatic carbocycles. The van der Waals surface area contributed by atoms with Crippen molar-refractivity contribution in [2.75, 3.05) is 17.5 Å². The molecule has 2 atom stereocenters. The molecule has 7 nitrogen and oxygen atoms in total. The van der Waals surface area contributed by atoms with E-state index in [9.17, 15) is 18.3 Å². The van der Waals surface area contributed by atoms with E-state index in [1.165, 1.54) is 10.5 Å². The Kier molecular flexibility index (Phi) is 6.34. The van der Waals surface area contributed by atoms with Crippen LogP contribution in [0.5, 0.6) is 5.88 Å². The number of benzene rings is 2. The van der Waals surface area contributed by atoms with Crippen molar-refractivity contribution in [1.82, 2.24) is 4.98 Å². The first-order valence-corrected chi connectivity index (χ1v) is 13.3. The summed E-state index contributed by atoms with van der Waals surface area (Å²) in [6, 6.07) is 18.2. The summed E-state index contributed by atoms with van der Waals surface area (Å²) in [5.41, 5.74) is 2.83. The molecule has 5 rings (SSSR count). The zero-order valence-corrected chi connectivity index (χ0v) is 20.3. The molecule has 8 heteroatoms. The van der Waals surface area contributed by atoms with Crippen molar-refractivity contribution >= 4 is 21.5 Å². The molecule has 2 heterocycles. The number of nitrogens with zero attached hydrogens (tertiary/aromatic N) is 2. The maximum absolute atomic E-state index is 13.7. The van der Waals surface area contributed by atoms with Crippen LogP contribution in [0.2, 0.25) is 0 Å². The monoisotopic (exact) mass is 492 g/mol. The minimum Gasteiger partial charge on any atom is -0.468 e. The molecule has 1 aliphatic heterocycles. The fraction of sp³-hybridized carbons (Fsp3) is 0.333. The summed E-state index contributed by atoms with van der Waals surface area (Å²) in [5.74, 6) is 0.254. The number of hydrogen-bond acceptors (Lipinski definition) is 6. The zero-order chi connectivity index (χ0) is 24.6. The standard InChI is InChI=1S/C27H28N2O5S/c1-18(20-6-3-2-4-7-20)26(31)13-19-12-25-27(28-15-19)34-23(17-30)16-29(25)35(32,33)24-9-5-8-22(14-24)21-10-11-21/h2-9,12,14-15,18,21,23,30H,10-11,13,16-17H2,1H3/t18-,23+/m0/s1. The van der Waals surface area contributed by atoms with Gasteiger partial charge in [0, 0.05) is 18.5 Å². The van der Waals surface area contributed by atoms with Crippen molar-refractivity contribution in [3.05, 3.63) is 83.6 Å². The van der Waals surface area contributed by atoms with Crippen LogP contribution in [0.1, 0.15) is 48.3 Å². The maximum atomic E-state index is 13.7. The lowest BCUT2D eigenvalue weighted by atomic mass is 9.93. The SMILES string of the molecule is C[C@H](C(=O)Cc1cnc2c(c1)N(S(=O)(=O)c1cccc(C3CC3)c1)C[C@H](CO)O2)c1ccccc1. The minimum absolute atomic E-state index is 0.00875. The van der Waals surface area contributed by atoms with Crippen LogP contribution in [0.15, 0.2) is 71.8 Å². The quantitative estimate of drug-likeness (QED) is 0.514. The maximum Gasteiger partial charge on any atom is 0.264 e. The van der Waals surface area contributed by atoms with Crippen molar-refractivity contribution in [1.29, 1.82) is 0 Å². The molecule has 0 radical (unpaired) electrons. The minimum atomic E-state index is -3.93. The molecule has 0 bridgehead atoms. The molecule has 1 saturated carbocycles. The first kappa shape index (κ1) is 23.5. The second kappa shape index (κ2) is 9.43. The lowest BCUT2D eigenvalue weighted by Crippen LogP contribution is -2.45. The fourth-order valence-corrected chi connectivity index (χ4v) is 5.95. The normalized spacial score (nSPS) is 18.5. The van der Waals surface area contributed by atoms with Crippen LogP contribution in [-0.2, 0) is 21.2 Å². The molecule has 0 amide bonds. The molecule has 0 spiro atoms. The summed E-state index contributed by atoms with van der Waals surface area (Å²) in [6.07, 6.45) is 3.05. The first-order valence-electron chi connectivity index (χ1n) is 11.8. The highest BCUT2D eigenvalue weighted by Gasteiger charge is 2.36. The van der Waals surface area contributed by atoms with Gasteiger partial charge in [-0.15, -0.1) is 0 Å². The Morgan fingerprint density at radius 3 is 2.63 bits per heavy atom. The Balaban J connectivity index is 1.46. The number of pyridine rings is 1. The number of rotatable bonds is 8. The van der Waals surface area contributed by atoms with E-state index in [4.69, 9.17) is 4.74 Å². The van der Waals surface area contributed by atoms with Crippen LogP contribution >= 0.6 is 0 Å². The number of carbonyl (C=O) groups excluding carboxylic acids is 1. The van der Waals surface area contributed by atoms with Gasteiger partial charge in [0.2, 0.25) is 5.88 Å². The van der Waals surface area contributed by atoms with Crippen molar-refractivity contribution in [2.24, 2.45) is 0 Å². The molecule has 0 unspecified atom stereocenters. The fourth-order valence-electron chi connectivity index (χ4n) is 4.40. The lowest BCUT2D eigenvalue weighted by molar-refractivity contribution is -0.119. The van der Waals surface area contributed by atoms with Crippen LogP contribution in [0, 0.1) is 0 Å². The number of anilines is 1. The second-order valence-electron chi connectivity index (χ2n) is 9.25. The Labute approximate surface area is 205 Å². The van der Waals surface area contributed by atoms with Gasteiger partial charge in [-0.2, -0.15) is 0 Å². The van der Waals surface area contributed by atoms with Crippen LogP contribution in [0.4, 0.5) is 5.69 Å². The van der Waals surface area contributed by atoms with Crippen molar-refractivity contribution in [3.63, 3.8) is 0 Å². The van der Waals surface area contributed by atoms with E-state index in [-0.39, 0.29) is 47.7 Å². The van der Waals surface area contributed by atoms with Gasteiger partial charge >= 0.3 is 0 Å². The molecule has 1 N–H and O–H groups in total. The van der Waals surface area contributed by atoms with Gasteiger partial charge in [-0.25, -0.2) is 13.4 Å². The Hall–Kier alpha value is -3.23. The summed E-state index contributed by atoms with van der Waals surface area (Å²) in [5, 5.41) is 9.72. The van der Waals surface area contributed by atoms with E-state index in [2.05, 4.69) is 4.98 Å². The van der Waals surface area contributed by atoms with Gasteiger partial charge in [0.15, 0.2) is 0 Å². The van der Waals surface area contributed by atoms with Crippen LogP contribution in [0.3, 0.4) is 0 Å². The highest BCUT2D eigenvalue weighted by molar-refractivity contribution is 7.92. The molecule has 182 valence electrons. The molecule has 3 aromatic rings. The highest BCUT2D eigenvalue weighted by atomic mass is 32.2. The van der Waals surface area contributed by atoms with Crippen LogP contribution in [0.25, 0.3) is 0 Å². The summed E-state index contributed by atoms with van der Waals surface area (Å²) in [7, 11) is -3.93. The van der Waals surface area contributed by atoms with E-state index in [1.807, 2.05) is 43.3 Å². The zero-order valence-electron chi connectivity index (χ0n) is 19.5. The van der Waals surface area contributed by atoms with E-state index in [1.54, 1.807) is 24.3 Å². The number of aliphatic hydroxyl groups is 1. The average molecular weight is 493 g/mol. The Morgan fingerprint density at radius 1 is 1.14 bits per heavy atom. The van der Waals surface area contributed by atoms with Crippen molar-refractivity contribution < 1.29 is 23.1 Å². The largest absolute Gasteiger partial charge is 0.468 e. The van der Waals surface area contributed by atoms with Gasteiger partial charge in [0.05, 0.1) is 18.0 Å². The van der Waals surface area contributed by atoms with Crippen molar-refractivity contribution in [2.45, 2.75) is 49.0 Å². The van der Waals surface area contributed by atoms with Gasteiger partial charge in [-0.3, -0.25) is 9.10 Å². The average Bonchev–Trinajstić information content (AvgIpc) is 3.74. The van der Waals surface area contributed by atoms with Gasteiger partial charge < -0.3 is 9.84 Å². The summed E-state index contributed by atoms with van der Waals surface area (Å²) in [6.45, 7) is 1.48. The molecule has 35 heavy (non-hydrogen) atoms. The number of ether oxygens (including phenoxy) is 1. The number of ketones is 1. The lowest BCUT2D eigenvalue weighted by Gasteiger charge is -2.34. The third-order valence-corrected chi connectivity index (χ3v) is 8.44. The van der Waals surface area contributed by atoms with Crippen LogP contribution in [-0.4, -0.2) is 43.5 Å². The van der Waals surface area contributed by atoms with E-state index < -0.39 is 16.1 Å². The number of aliphatic hydroxyl groups excluding tert-OH is 1. The molecule has 2 aromatic carbocycles. The number of Topliss-reactive ketones (excluding diaryl/α,β-unsaturated/α-hetero) is 1. The smallest absolute Gasteiger partial charge is 0.264 e. The van der Waals surface area contributed by atoms with Gasteiger partial charge in [-0.05, 0) is 53.6 Å². The van der Waals surface area contributed by atoms with E-state index in [0.29, 0.717) is 11.5 Å². The van der Waals surface area contributed by atoms with E-state index >= 15 is 0 Å².